The van der Waals surface area contributed by atoms with Gasteiger partial charge in [-0.05, 0) is 48.4 Å². The summed E-state index contributed by atoms with van der Waals surface area (Å²) in [6, 6.07) is 6.45. The maximum absolute atomic E-state index is 11.6. The molecule has 1 aromatic rings. The second-order valence-electron chi connectivity index (χ2n) is 6.02. The molecule has 0 unspecified atom stereocenters. The average molecular weight is 274 g/mol. The highest BCUT2D eigenvalue weighted by molar-refractivity contribution is 5.87. The van der Waals surface area contributed by atoms with Crippen LogP contribution in [-0.4, -0.2) is 12.1 Å². The van der Waals surface area contributed by atoms with Gasteiger partial charge in [0.05, 0.1) is 6.10 Å². The zero-order chi connectivity index (χ0) is 15.3. The van der Waals surface area contributed by atoms with Gasteiger partial charge in [-0.25, -0.2) is 4.79 Å². The second kappa shape index (κ2) is 7.28. The number of rotatable bonds is 5. The number of hydrogen-bond donors (Lipinski definition) is 0. The van der Waals surface area contributed by atoms with Crippen molar-refractivity contribution in [3.63, 3.8) is 0 Å². The van der Waals surface area contributed by atoms with Gasteiger partial charge in [0.25, 0.3) is 0 Å². The number of carbonyl (C=O) groups is 1. The summed E-state index contributed by atoms with van der Waals surface area (Å²) in [5, 5.41) is 0. The fourth-order valence-electron chi connectivity index (χ4n) is 2.03. The van der Waals surface area contributed by atoms with E-state index >= 15 is 0 Å². The van der Waals surface area contributed by atoms with Crippen LogP contribution in [0.2, 0.25) is 0 Å². The van der Waals surface area contributed by atoms with E-state index in [0.717, 1.165) is 5.56 Å². The van der Waals surface area contributed by atoms with E-state index in [9.17, 15) is 4.79 Å². The maximum Gasteiger partial charge on any atom is 0.331 e. The van der Waals surface area contributed by atoms with Crippen molar-refractivity contribution in [1.82, 2.24) is 0 Å². The Kier molecular flexibility index (Phi) is 6.00. The monoisotopic (exact) mass is 274 g/mol. The van der Waals surface area contributed by atoms with E-state index in [0.29, 0.717) is 11.8 Å². The SMILES string of the molecule is CC(C)OC(=O)C=Cc1ccc(C(C)C)cc1C(C)C. The summed E-state index contributed by atoms with van der Waals surface area (Å²) < 4.78 is 5.11. The minimum atomic E-state index is -0.289. The topological polar surface area (TPSA) is 26.3 Å². The molecule has 0 amide bonds. The Hall–Kier alpha value is -1.57. The van der Waals surface area contributed by atoms with Gasteiger partial charge < -0.3 is 4.74 Å². The van der Waals surface area contributed by atoms with E-state index in [1.807, 2.05) is 19.9 Å². The number of benzene rings is 1. The van der Waals surface area contributed by atoms with Gasteiger partial charge in [0.2, 0.25) is 0 Å². The van der Waals surface area contributed by atoms with E-state index < -0.39 is 0 Å². The molecule has 0 N–H and O–H groups in total. The van der Waals surface area contributed by atoms with Crippen LogP contribution in [0.4, 0.5) is 0 Å². The molecule has 0 aliphatic heterocycles. The Balaban J connectivity index is 3.00. The molecule has 0 saturated carbocycles. The van der Waals surface area contributed by atoms with E-state index in [1.165, 1.54) is 17.2 Å². The maximum atomic E-state index is 11.6. The predicted molar refractivity (Wildman–Crippen MR) is 84.9 cm³/mol. The molecular weight excluding hydrogens is 248 g/mol. The molecule has 0 saturated heterocycles. The van der Waals surface area contributed by atoms with Gasteiger partial charge in [0.15, 0.2) is 0 Å². The van der Waals surface area contributed by atoms with Gasteiger partial charge in [-0.15, -0.1) is 0 Å². The van der Waals surface area contributed by atoms with Crippen molar-refractivity contribution in [2.75, 3.05) is 0 Å². The smallest absolute Gasteiger partial charge is 0.331 e. The third-order valence-electron chi connectivity index (χ3n) is 3.15. The Morgan fingerprint density at radius 1 is 1.05 bits per heavy atom. The Labute approximate surface area is 122 Å². The van der Waals surface area contributed by atoms with Crippen LogP contribution in [0, 0.1) is 0 Å². The zero-order valence-electron chi connectivity index (χ0n) is 13.4. The summed E-state index contributed by atoms with van der Waals surface area (Å²) in [5.74, 6) is 0.647. The summed E-state index contributed by atoms with van der Waals surface area (Å²) >= 11 is 0. The third-order valence-corrected chi connectivity index (χ3v) is 3.15. The van der Waals surface area contributed by atoms with Crippen LogP contribution in [0.15, 0.2) is 24.3 Å². The lowest BCUT2D eigenvalue weighted by molar-refractivity contribution is -0.141. The Morgan fingerprint density at radius 2 is 1.70 bits per heavy atom. The lowest BCUT2D eigenvalue weighted by atomic mass is 9.91. The quantitative estimate of drug-likeness (QED) is 0.564. The summed E-state index contributed by atoms with van der Waals surface area (Å²) in [7, 11) is 0. The van der Waals surface area contributed by atoms with Crippen LogP contribution in [0.1, 0.15) is 70.1 Å². The molecule has 110 valence electrons. The normalized spacial score (nSPS) is 11.8. The van der Waals surface area contributed by atoms with Crippen LogP contribution >= 0.6 is 0 Å². The van der Waals surface area contributed by atoms with Crippen molar-refractivity contribution >= 4 is 12.0 Å². The molecule has 0 atom stereocenters. The number of hydrogen-bond acceptors (Lipinski definition) is 2. The predicted octanol–water partition coefficient (Wildman–Crippen LogP) is 4.90. The molecule has 1 aromatic carbocycles. The molecule has 0 radical (unpaired) electrons. The van der Waals surface area contributed by atoms with Crippen molar-refractivity contribution in [3.8, 4) is 0 Å². The molecule has 20 heavy (non-hydrogen) atoms. The largest absolute Gasteiger partial charge is 0.460 e. The lowest BCUT2D eigenvalue weighted by Crippen LogP contribution is -2.08. The summed E-state index contributed by atoms with van der Waals surface area (Å²) in [6.07, 6.45) is 3.28. The van der Waals surface area contributed by atoms with E-state index in [-0.39, 0.29) is 12.1 Å². The lowest BCUT2D eigenvalue weighted by Gasteiger charge is -2.14. The van der Waals surface area contributed by atoms with E-state index in [1.54, 1.807) is 0 Å². The van der Waals surface area contributed by atoms with Crippen molar-refractivity contribution in [1.29, 1.82) is 0 Å². The van der Waals surface area contributed by atoms with Crippen LogP contribution in [-0.2, 0) is 9.53 Å². The number of esters is 1. The first-order chi connectivity index (χ1) is 9.31. The number of carbonyl (C=O) groups excluding carboxylic acids is 1. The first-order valence-corrected chi connectivity index (χ1v) is 7.33. The first-order valence-electron chi connectivity index (χ1n) is 7.33. The molecule has 2 nitrogen and oxygen atoms in total. The Morgan fingerprint density at radius 3 is 2.20 bits per heavy atom. The zero-order valence-corrected chi connectivity index (χ0v) is 13.4. The molecular formula is C18H26O2. The summed E-state index contributed by atoms with van der Waals surface area (Å²) in [6.45, 7) is 12.4. The molecule has 2 heteroatoms. The van der Waals surface area contributed by atoms with Crippen LogP contribution in [0.5, 0.6) is 0 Å². The number of ether oxygens (including phenoxy) is 1. The van der Waals surface area contributed by atoms with Gasteiger partial charge in [-0.2, -0.15) is 0 Å². The minimum absolute atomic E-state index is 0.0833. The van der Waals surface area contributed by atoms with E-state index in [4.69, 9.17) is 4.74 Å². The molecule has 1 rings (SSSR count). The van der Waals surface area contributed by atoms with Crippen LogP contribution < -0.4 is 0 Å². The van der Waals surface area contributed by atoms with Gasteiger partial charge in [-0.1, -0.05) is 45.9 Å². The average Bonchev–Trinajstić information content (AvgIpc) is 2.35. The van der Waals surface area contributed by atoms with Crippen molar-refractivity contribution in [2.24, 2.45) is 0 Å². The first kappa shape index (κ1) is 16.5. The van der Waals surface area contributed by atoms with Crippen LogP contribution in [0.25, 0.3) is 6.08 Å². The van der Waals surface area contributed by atoms with Gasteiger partial charge >= 0.3 is 5.97 Å². The second-order valence-corrected chi connectivity index (χ2v) is 6.02. The van der Waals surface area contributed by atoms with Crippen molar-refractivity contribution < 1.29 is 9.53 Å². The fraction of sp³-hybridized carbons (Fsp3) is 0.500. The van der Waals surface area contributed by atoms with Gasteiger partial charge in [0, 0.05) is 6.08 Å². The molecule has 0 aromatic heterocycles. The fourth-order valence-corrected chi connectivity index (χ4v) is 2.03. The minimum Gasteiger partial charge on any atom is -0.460 e. The molecule has 0 aliphatic rings. The van der Waals surface area contributed by atoms with Crippen LogP contribution in [0.3, 0.4) is 0 Å². The highest BCUT2D eigenvalue weighted by atomic mass is 16.5. The highest BCUT2D eigenvalue weighted by Gasteiger charge is 2.08. The highest BCUT2D eigenvalue weighted by Crippen LogP contribution is 2.25. The van der Waals surface area contributed by atoms with E-state index in [2.05, 4.69) is 45.9 Å². The summed E-state index contributed by atoms with van der Waals surface area (Å²) in [4.78, 5) is 11.6. The third kappa shape index (κ3) is 4.84. The standard InChI is InChI=1S/C18H26O2/c1-12(2)16-8-7-15(17(11-16)13(3)4)9-10-18(19)20-14(5)6/h7-14H,1-6H3. The van der Waals surface area contributed by atoms with Gasteiger partial charge in [-0.3, -0.25) is 0 Å². The van der Waals surface area contributed by atoms with Crippen molar-refractivity contribution in [3.05, 3.63) is 41.0 Å². The molecule has 0 fully saturated rings. The molecule has 0 heterocycles. The molecule has 0 bridgehead atoms. The molecule has 0 spiro atoms. The molecule has 0 aliphatic carbocycles. The van der Waals surface area contributed by atoms with Gasteiger partial charge in [0.1, 0.15) is 0 Å². The van der Waals surface area contributed by atoms with Crippen molar-refractivity contribution in [2.45, 2.75) is 59.5 Å². The Bertz CT molecular complexity index is 482. The summed E-state index contributed by atoms with van der Waals surface area (Å²) in [5.41, 5.74) is 3.69.